The zero-order valence-electron chi connectivity index (χ0n) is 21.7. The number of sulfonamides is 1. The number of anilines is 1. The fourth-order valence-electron chi connectivity index (χ4n) is 3.76. The van der Waals surface area contributed by atoms with Crippen molar-refractivity contribution in [3.05, 3.63) is 58.6 Å². The minimum atomic E-state index is -3.87. The van der Waals surface area contributed by atoms with Crippen molar-refractivity contribution in [2.24, 2.45) is 0 Å². The zero-order valence-corrected chi connectivity index (χ0v) is 23.3. The molecule has 0 aromatic heterocycles. The van der Waals surface area contributed by atoms with Gasteiger partial charge in [-0.2, -0.15) is 0 Å². The van der Waals surface area contributed by atoms with Crippen LogP contribution in [0.4, 0.5) is 5.69 Å². The number of nitrogens with one attached hydrogen (secondary N) is 1. The molecule has 0 saturated carbocycles. The quantitative estimate of drug-likeness (QED) is 0.439. The average molecular weight is 538 g/mol. The fraction of sp³-hybridized carbons (Fsp3) is 0.462. The van der Waals surface area contributed by atoms with Crippen LogP contribution in [-0.2, 0) is 26.2 Å². The number of benzene rings is 2. The summed E-state index contributed by atoms with van der Waals surface area (Å²) in [6, 6.07) is 11.3. The van der Waals surface area contributed by atoms with Gasteiger partial charge < -0.3 is 15.0 Å². The number of aryl methyl sites for hydroxylation is 1. The smallest absolute Gasteiger partial charge is 0.244 e. The molecule has 2 aromatic rings. The maximum absolute atomic E-state index is 13.8. The molecular formula is C26H36ClN3O5S. The molecule has 0 fully saturated rings. The molecule has 0 spiro atoms. The van der Waals surface area contributed by atoms with Crippen LogP contribution in [0.25, 0.3) is 0 Å². The van der Waals surface area contributed by atoms with E-state index in [9.17, 15) is 18.0 Å². The Morgan fingerprint density at radius 1 is 1.11 bits per heavy atom. The molecule has 0 saturated heterocycles. The van der Waals surface area contributed by atoms with Gasteiger partial charge in [-0.3, -0.25) is 13.9 Å². The Labute approximate surface area is 219 Å². The van der Waals surface area contributed by atoms with Gasteiger partial charge in [0.05, 0.1) is 19.1 Å². The van der Waals surface area contributed by atoms with E-state index >= 15 is 0 Å². The van der Waals surface area contributed by atoms with Gasteiger partial charge in [-0.05, 0) is 56.0 Å². The Hall–Kier alpha value is -2.78. The lowest BCUT2D eigenvalue weighted by molar-refractivity contribution is -0.140. The topological polar surface area (TPSA) is 96.0 Å². The van der Waals surface area contributed by atoms with Crippen LogP contribution in [0.2, 0.25) is 5.02 Å². The first kappa shape index (κ1) is 29.5. The maximum Gasteiger partial charge on any atom is 0.244 e. The number of hydrogen-bond acceptors (Lipinski definition) is 5. The highest BCUT2D eigenvalue weighted by molar-refractivity contribution is 7.92. The highest BCUT2D eigenvalue weighted by Gasteiger charge is 2.33. The van der Waals surface area contributed by atoms with Crippen LogP contribution in [0.3, 0.4) is 0 Å². The van der Waals surface area contributed by atoms with Crippen molar-refractivity contribution < 1.29 is 22.7 Å². The normalized spacial score (nSPS) is 13.0. The van der Waals surface area contributed by atoms with Crippen molar-refractivity contribution in [3.63, 3.8) is 0 Å². The van der Waals surface area contributed by atoms with Crippen LogP contribution in [0.5, 0.6) is 5.75 Å². The molecule has 8 nitrogen and oxygen atoms in total. The predicted molar refractivity (Wildman–Crippen MR) is 144 cm³/mol. The van der Waals surface area contributed by atoms with Gasteiger partial charge in [0.15, 0.2) is 0 Å². The van der Waals surface area contributed by atoms with E-state index in [1.54, 1.807) is 42.5 Å². The molecule has 2 unspecified atom stereocenters. The first-order chi connectivity index (χ1) is 16.9. The van der Waals surface area contributed by atoms with E-state index in [0.29, 0.717) is 22.8 Å². The molecule has 0 bridgehead atoms. The SMILES string of the molecule is CCC(C)NC(=O)C(CC)N(Cc1ccccc1Cl)C(=O)CN(c1cc(C)ccc1OC)S(C)(=O)=O. The number of rotatable bonds is 12. The van der Waals surface area contributed by atoms with Gasteiger partial charge in [0, 0.05) is 17.6 Å². The molecule has 0 radical (unpaired) electrons. The van der Waals surface area contributed by atoms with Gasteiger partial charge >= 0.3 is 0 Å². The van der Waals surface area contributed by atoms with E-state index in [-0.39, 0.29) is 24.2 Å². The molecule has 36 heavy (non-hydrogen) atoms. The summed E-state index contributed by atoms with van der Waals surface area (Å²) in [6.07, 6.45) is 2.11. The Balaban J connectivity index is 2.53. The van der Waals surface area contributed by atoms with E-state index in [2.05, 4.69) is 5.32 Å². The summed E-state index contributed by atoms with van der Waals surface area (Å²) >= 11 is 6.38. The zero-order chi connectivity index (χ0) is 27.0. The molecule has 10 heteroatoms. The molecule has 0 aliphatic carbocycles. The summed E-state index contributed by atoms with van der Waals surface area (Å²) in [4.78, 5) is 28.4. The molecular weight excluding hydrogens is 502 g/mol. The number of methoxy groups -OCH3 is 1. The van der Waals surface area contributed by atoms with E-state index < -0.39 is 28.5 Å². The van der Waals surface area contributed by atoms with Gasteiger partial charge in [-0.15, -0.1) is 0 Å². The summed E-state index contributed by atoms with van der Waals surface area (Å²) in [5.74, 6) is -0.514. The number of ether oxygens (including phenoxy) is 1. The summed E-state index contributed by atoms with van der Waals surface area (Å²) < 4.78 is 32.1. The van der Waals surface area contributed by atoms with Crippen LogP contribution in [-0.4, -0.2) is 57.1 Å². The van der Waals surface area contributed by atoms with Crippen molar-refractivity contribution >= 4 is 39.1 Å². The molecule has 2 atom stereocenters. The Morgan fingerprint density at radius 2 is 1.78 bits per heavy atom. The summed E-state index contributed by atoms with van der Waals surface area (Å²) in [5.41, 5.74) is 1.71. The van der Waals surface area contributed by atoms with E-state index in [1.165, 1.54) is 12.0 Å². The number of carbonyl (C=O) groups is 2. The number of nitrogens with zero attached hydrogens (tertiary/aromatic N) is 2. The first-order valence-electron chi connectivity index (χ1n) is 11.9. The molecule has 0 heterocycles. The second-order valence-corrected chi connectivity index (χ2v) is 11.1. The molecule has 2 amide bonds. The van der Waals surface area contributed by atoms with Crippen LogP contribution in [0.1, 0.15) is 44.7 Å². The number of carbonyl (C=O) groups excluding carboxylic acids is 2. The van der Waals surface area contributed by atoms with Gasteiger partial charge in [0.1, 0.15) is 18.3 Å². The monoisotopic (exact) mass is 537 g/mol. The fourth-order valence-corrected chi connectivity index (χ4v) is 4.80. The summed E-state index contributed by atoms with van der Waals surface area (Å²) in [7, 11) is -2.44. The van der Waals surface area contributed by atoms with Gasteiger partial charge in [0.2, 0.25) is 21.8 Å². The lowest BCUT2D eigenvalue weighted by Crippen LogP contribution is -2.53. The van der Waals surface area contributed by atoms with Crippen LogP contribution >= 0.6 is 11.6 Å². The Bertz CT molecular complexity index is 1170. The Morgan fingerprint density at radius 3 is 2.33 bits per heavy atom. The average Bonchev–Trinajstić information content (AvgIpc) is 2.82. The minimum absolute atomic E-state index is 0.0491. The van der Waals surface area contributed by atoms with E-state index in [4.69, 9.17) is 16.3 Å². The molecule has 0 aliphatic rings. The highest BCUT2D eigenvalue weighted by Crippen LogP contribution is 2.31. The number of amides is 2. The third-order valence-electron chi connectivity index (χ3n) is 5.97. The van der Waals surface area contributed by atoms with Crippen molar-refractivity contribution in [2.75, 3.05) is 24.2 Å². The largest absolute Gasteiger partial charge is 0.495 e. The van der Waals surface area contributed by atoms with Crippen LogP contribution in [0, 0.1) is 6.92 Å². The number of hydrogen-bond donors (Lipinski definition) is 1. The predicted octanol–water partition coefficient (Wildman–Crippen LogP) is 4.15. The third-order valence-corrected chi connectivity index (χ3v) is 7.46. The second kappa shape index (κ2) is 13.0. The highest BCUT2D eigenvalue weighted by atomic mass is 35.5. The summed E-state index contributed by atoms with van der Waals surface area (Å²) in [6.45, 7) is 7.02. The van der Waals surface area contributed by atoms with Crippen molar-refractivity contribution in [2.45, 2.75) is 59.2 Å². The van der Waals surface area contributed by atoms with Gasteiger partial charge in [-0.1, -0.05) is 49.7 Å². The molecule has 198 valence electrons. The summed E-state index contributed by atoms with van der Waals surface area (Å²) in [5, 5.41) is 3.39. The number of halogens is 1. The molecule has 0 aliphatic heterocycles. The Kier molecular flexibility index (Phi) is 10.6. The standard InChI is InChI=1S/C26H36ClN3O5S/c1-7-19(4)28-26(32)22(8-2)29(16-20-11-9-10-12-21(20)27)25(31)17-30(36(6,33)34)23-15-18(3)13-14-24(23)35-5/h9-15,19,22H,7-8,16-17H2,1-6H3,(H,28,32). The second-order valence-electron chi connectivity index (χ2n) is 8.80. The third kappa shape index (κ3) is 7.61. The van der Waals surface area contributed by atoms with E-state index in [0.717, 1.165) is 22.5 Å². The van der Waals surface area contributed by atoms with Crippen LogP contribution < -0.4 is 14.4 Å². The molecule has 1 N–H and O–H groups in total. The van der Waals surface area contributed by atoms with Crippen molar-refractivity contribution in [1.82, 2.24) is 10.2 Å². The van der Waals surface area contributed by atoms with Crippen molar-refractivity contribution in [3.8, 4) is 5.75 Å². The van der Waals surface area contributed by atoms with Crippen LogP contribution in [0.15, 0.2) is 42.5 Å². The lowest BCUT2D eigenvalue weighted by atomic mass is 10.1. The minimum Gasteiger partial charge on any atom is -0.495 e. The maximum atomic E-state index is 13.8. The first-order valence-corrected chi connectivity index (χ1v) is 14.1. The van der Waals surface area contributed by atoms with E-state index in [1.807, 2.05) is 27.7 Å². The lowest BCUT2D eigenvalue weighted by Gasteiger charge is -2.33. The molecule has 2 aromatic carbocycles. The van der Waals surface area contributed by atoms with Gasteiger partial charge in [0.25, 0.3) is 0 Å². The van der Waals surface area contributed by atoms with Gasteiger partial charge in [-0.25, -0.2) is 8.42 Å². The molecule has 2 rings (SSSR count). The van der Waals surface area contributed by atoms with Crippen molar-refractivity contribution in [1.29, 1.82) is 0 Å².